The van der Waals surface area contributed by atoms with E-state index in [2.05, 4.69) is 0 Å². The van der Waals surface area contributed by atoms with Gasteiger partial charge in [0.1, 0.15) is 12.4 Å². The second-order valence-corrected chi connectivity index (χ2v) is 4.20. The van der Waals surface area contributed by atoms with Crippen LogP contribution in [0.4, 0.5) is 10.1 Å². The summed E-state index contributed by atoms with van der Waals surface area (Å²) in [4.78, 5) is 10.3. The van der Waals surface area contributed by atoms with E-state index < -0.39 is 10.7 Å². The molecule has 2 aromatic rings. The van der Waals surface area contributed by atoms with Crippen molar-refractivity contribution in [1.82, 2.24) is 0 Å². The monoisotopic (exact) mass is 307 g/mol. The molecule has 0 aromatic heterocycles. The highest BCUT2D eigenvalue weighted by molar-refractivity contribution is 5.42. The lowest BCUT2D eigenvalue weighted by Gasteiger charge is -2.10. The molecule has 5 nitrogen and oxygen atoms in total. The maximum Gasteiger partial charge on any atom is 0.276 e. The highest BCUT2D eigenvalue weighted by atomic mass is 19.1. The first-order chi connectivity index (χ1) is 10.5. The van der Waals surface area contributed by atoms with Crippen molar-refractivity contribution >= 4 is 5.69 Å². The average Bonchev–Trinajstić information content (AvgIpc) is 2.54. The highest BCUT2D eigenvalue weighted by Gasteiger charge is 2.15. The van der Waals surface area contributed by atoms with Crippen LogP contribution in [0.1, 0.15) is 25.0 Å². The Balaban J connectivity index is 0.00000116. The van der Waals surface area contributed by atoms with Crippen molar-refractivity contribution in [3.8, 4) is 11.5 Å². The molecule has 0 spiro atoms. The molecule has 0 unspecified atom stereocenters. The first kappa shape index (κ1) is 17.4. The Kier molecular flexibility index (Phi) is 6.31. The Morgan fingerprint density at radius 1 is 1.23 bits per heavy atom. The smallest absolute Gasteiger partial charge is 0.276 e. The van der Waals surface area contributed by atoms with Crippen molar-refractivity contribution in [1.29, 1.82) is 0 Å². The summed E-state index contributed by atoms with van der Waals surface area (Å²) in [6.45, 7) is 5.29. The van der Waals surface area contributed by atoms with Gasteiger partial charge >= 0.3 is 0 Å². The molecule has 22 heavy (non-hydrogen) atoms. The van der Waals surface area contributed by atoms with Gasteiger partial charge in [0.2, 0.25) is 0 Å². The largest absolute Gasteiger partial charge is 0.508 e. The highest BCUT2D eigenvalue weighted by Crippen LogP contribution is 2.28. The minimum atomic E-state index is -0.677. The van der Waals surface area contributed by atoms with Crippen LogP contribution in [0.5, 0.6) is 11.5 Å². The number of aromatic hydroxyl groups is 1. The number of para-hydroxylation sites is 1. The van der Waals surface area contributed by atoms with Gasteiger partial charge in [0.05, 0.1) is 10.5 Å². The lowest BCUT2D eigenvalue weighted by atomic mass is 10.2. The maximum atomic E-state index is 13.8. The van der Waals surface area contributed by atoms with Crippen molar-refractivity contribution in [3.63, 3.8) is 0 Å². The van der Waals surface area contributed by atoms with Crippen LogP contribution in [-0.2, 0) is 6.61 Å². The van der Waals surface area contributed by atoms with Gasteiger partial charge in [-0.2, -0.15) is 0 Å². The van der Waals surface area contributed by atoms with Crippen molar-refractivity contribution in [2.24, 2.45) is 0 Å². The van der Waals surface area contributed by atoms with E-state index in [0.717, 1.165) is 0 Å². The van der Waals surface area contributed by atoms with Crippen LogP contribution in [0.3, 0.4) is 0 Å². The zero-order valence-electron chi connectivity index (χ0n) is 12.7. The molecule has 0 heterocycles. The third kappa shape index (κ3) is 3.94. The first-order valence-corrected chi connectivity index (χ1v) is 6.84. The van der Waals surface area contributed by atoms with Crippen LogP contribution in [-0.4, -0.2) is 10.0 Å². The number of nitro groups is 1. The number of rotatable bonds is 4. The quantitative estimate of drug-likeness (QED) is 0.673. The molecule has 2 aromatic carbocycles. The van der Waals surface area contributed by atoms with Gasteiger partial charge in [-0.05, 0) is 25.1 Å². The predicted octanol–water partition coefficient (Wildman–Crippen LogP) is 4.35. The number of phenols is 1. The minimum Gasteiger partial charge on any atom is -0.508 e. The number of nitrogens with zero attached hydrogens (tertiary/aromatic N) is 1. The second-order valence-electron chi connectivity index (χ2n) is 4.20. The van der Waals surface area contributed by atoms with Gasteiger partial charge in [-0.15, -0.1) is 0 Å². The van der Waals surface area contributed by atoms with Crippen LogP contribution in [0.15, 0.2) is 36.4 Å². The third-order valence-electron chi connectivity index (χ3n) is 2.89. The van der Waals surface area contributed by atoms with E-state index in [4.69, 9.17) is 4.74 Å². The fraction of sp³-hybridized carbons (Fsp3) is 0.250. The normalized spacial score (nSPS) is 9.64. The lowest BCUT2D eigenvalue weighted by Crippen LogP contribution is -2.02. The number of benzene rings is 2. The van der Waals surface area contributed by atoms with Crippen LogP contribution in [0.2, 0.25) is 0 Å². The van der Waals surface area contributed by atoms with E-state index in [0.29, 0.717) is 5.56 Å². The zero-order valence-corrected chi connectivity index (χ0v) is 12.7. The lowest BCUT2D eigenvalue weighted by molar-refractivity contribution is -0.385. The van der Waals surface area contributed by atoms with Crippen LogP contribution in [0, 0.1) is 22.9 Å². The first-order valence-electron chi connectivity index (χ1n) is 6.84. The average molecular weight is 307 g/mol. The third-order valence-corrected chi connectivity index (χ3v) is 2.89. The van der Waals surface area contributed by atoms with E-state index >= 15 is 0 Å². The molecule has 0 saturated carbocycles. The van der Waals surface area contributed by atoms with Gasteiger partial charge in [0.15, 0.2) is 11.6 Å². The standard InChI is InChI=1S/C14H12FNO4.C2H6/c1-9-12(17)6-7-13(14(9)15)20-8-10-4-2-3-5-11(10)16(18)19;1-2/h2-7,17H,8H2,1H3;1-2H3. The maximum absolute atomic E-state index is 13.8. The number of hydrogen-bond acceptors (Lipinski definition) is 4. The molecular weight excluding hydrogens is 289 g/mol. The Bertz CT molecular complexity index is 659. The van der Waals surface area contributed by atoms with Crippen LogP contribution in [0.25, 0.3) is 0 Å². The Morgan fingerprint density at radius 3 is 2.50 bits per heavy atom. The number of hydrogen-bond donors (Lipinski definition) is 1. The summed E-state index contributed by atoms with van der Waals surface area (Å²) < 4.78 is 19.1. The summed E-state index contributed by atoms with van der Waals surface area (Å²) >= 11 is 0. The van der Waals surface area contributed by atoms with Crippen LogP contribution >= 0.6 is 0 Å². The molecule has 2 rings (SSSR count). The molecule has 0 aliphatic carbocycles. The molecule has 0 radical (unpaired) electrons. The predicted molar refractivity (Wildman–Crippen MR) is 81.6 cm³/mol. The SMILES string of the molecule is CC.Cc1c(O)ccc(OCc2ccccc2[N+](=O)[O-])c1F. The van der Waals surface area contributed by atoms with E-state index in [9.17, 15) is 19.6 Å². The number of phenolic OH excluding ortho intramolecular Hbond substituents is 1. The van der Waals surface area contributed by atoms with Gasteiger partial charge in [-0.25, -0.2) is 4.39 Å². The molecule has 6 heteroatoms. The molecule has 1 N–H and O–H groups in total. The van der Waals surface area contributed by atoms with Gasteiger partial charge in [-0.3, -0.25) is 10.1 Å². The Labute approximate surface area is 128 Å². The molecule has 0 amide bonds. The van der Waals surface area contributed by atoms with Crippen molar-refractivity contribution < 1.29 is 19.2 Å². The van der Waals surface area contributed by atoms with E-state index in [1.165, 1.54) is 25.1 Å². The summed E-state index contributed by atoms with van der Waals surface area (Å²) in [5.41, 5.74) is 0.344. The van der Waals surface area contributed by atoms with Gasteiger partial charge in [0.25, 0.3) is 5.69 Å². The second kappa shape index (κ2) is 7.97. The summed E-state index contributed by atoms with van der Waals surface area (Å²) in [7, 11) is 0. The molecule has 0 aliphatic rings. The molecule has 0 saturated heterocycles. The van der Waals surface area contributed by atoms with Gasteiger partial charge in [0, 0.05) is 11.6 Å². The minimum absolute atomic E-state index is 0.0570. The zero-order chi connectivity index (χ0) is 16.7. The number of ether oxygens (including phenoxy) is 1. The fourth-order valence-corrected chi connectivity index (χ4v) is 1.73. The topological polar surface area (TPSA) is 72.6 Å². The summed E-state index contributed by atoms with van der Waals surface area (Å²) in [5, 5.41) is 20.2. The summed E-state index contributed by atoms with van der Waals surface area (Å²) in [6, 6.07) is 8.69. The fourth-order valence-electron chi connectivity index (χ4n) is 1.73. The van der Waals surface area contributed by atoms with Crippen molar-refractivity contribution in [2.75, 3.05) is 0 Å². The molecular formula is C16H18FNO4. The summed E-state index contributed by atoms with van der Waals surface area (Å²) in [5.74, 6) is -0.900. The van der Waals surface area contributed by atoms with E-state index in [-0.39, 0.29) is 29.4 Å². The molecule has 0 fully saturated rings. The van der Waals surface area contributed by atoms with Crippen molar-refractivity contribution in [3.05, 3.63) is 63.5 Å². The number of halogens is 1. The molecule has 0 bridgehead atoms. The van der Waals surface area contributed by atoms with Gasteiger partial charge in [-0.1, -0.05) is 26.0 Å². The van der Waals surface area contributed by atoms with Crippen LogP contribution < -0.4 is 4.74 Å². The Morgan fingerprint density at radius 2 is 1.86 bits per heavy atom. The van der Waals surface area contributed by atoms with E-state index in [1.54, 1.807) is 18.2 Å². The molecule has 0 aliphatic heterocycles. The Hall–Kier alpha value is -2.63. The van der Waals surface area contributed by atoms with Gasteiger partial charge < -0.3 is 9.84 Å². The van der Waals surface area contributed by atoms with E-state index in [1.807, 2.05) is 13.8 Å². The molecule has 118 valence electrons. The summed E-state index contributed by atoms with van der Waals surface area (Å²) in [6.07, 6.45) is 0. The number of nitro benzene ring substituents is 1. The van der Waals surface area contributed by atoms with Crippen molar-refractivity contribution in [2.45, 2.75) is 27.4 Å². The molecule has 0 atom stereocenters.